The van der Waals surface area contributed by atoms with E-state index < -0.39 is 5.60 Å². The van der Waals surface area contributed by atoms with Gasteiger partial charge in [0.1, 0.15) is 0 Å². The highest BCUT2D eigenvalue weighted by atomic mass is 16.3. The van der Waals surface area contributed by atoms with Gasteiger partial charge in [-0.2, -0.15) is 0 Å². The first-order chi connectivity index (χ1) is 5.56. The molecule has 1 saturated carbocycles. The molecule has 2 nitrogen and oxygen atoms in total. The molecule has 72 valence electrons. The maximum absolute atomic E-state index is 9.90. The van der Waals surface area contributed by atoms with Crippen molar-refractivity contribution in [3.63, 3.8) is 0 Å². The van der Waals surface area contributed by atoms with E-state index in [1.165, 1.54) is 12.8 Å². The summed E-state index contributed by atoms with van der Waals surface area (Å²) in [4.78, 5) is 0. The van der Waals surface area contributed by atoms with Crippen LogP contribution in [0.25, 0.3) is 0 Å². The van der Waals surface area contributed by atoms with Crippen LogP contribution in [0.5, 0.6) is 0 Å². The van der Waals surface area contributed by atoms with Crippen molar-refractivity contribution in [1.29, 1.82) is 0 Å². The van der Waals surface area contributed by atoms with Crippen molar-refractivity contribution in [3.8, 4) is 0 Å². The Hall–Kier alpha value is -0.0800. The number of hydrogen-bond donors (Lipinski definition) is 2. The van der Waals surface area contributed by atoms with Crippen molar-refractivity contribution in [2.45, 2.75) is 57.6 Å². The van der Waals surface area contributed by atoms with Crippen molar-refractivity contribution in [1.82, 2.24) is 0 Å². The van der Waals surface area contributed by atoms with E-state index in [9.17, 15) is 5.11 Å². The number of rotatable bonds is 4. The van der Waals surface area contributed by atoms with Gasteiger partial charge in [-0.25, -0.2) is 0 Å². The first-order valence-electron chi connectivity index (χ1n) is 5.04. The Balaban J connectivity index is 2.22. The molecule has 1 aliphatic carbocycles. The van der Waals surface area contributed by atoms with E-state index in [1.54, 1.807) is 0 Å². The highest BCUT2D eigenvalue weighted by Gasteiger charge is 2.40. The van der Waals surface area contributed by atoms with Crippen molar-refractivity contribution in [3.05, 3.63) is 0 Å². The highest BCUT2D eigenvalue weighted by molar-refractivity contribution is 4.97. The minimum atomic E-state index is -0.409. The van der Waals surface area contributed by atoms with Gasteiger partial charge in [-0.15, -0.1) is 0 Å². The second kappa shape index (κ2) is 3.75. The summed E-state index contributed by atoms with van der Waals surface area (Å²) < 4.78 is 0. The van der Waals surface area contributed by atoms with Gasteiger partial charge in [0.25, 0.3) is 0 Å². The van der Waals surface area contributed by atoms with Crippen LogP contribution in [0.15, 0.2) is 0 Å². The molecule has 0 aromatic heterocycles. The third-order valence-electron chi connectivity index (χ3n) is 2.79. The smallest absolute Gasteiger partial charge is 0.0679 e. The molecule has 12 heavy (non-hydrogen) atoms. The van der Waals surface area contributed by atoms with Crippen molar-refractivity contribution in [2.75, 3.05) is 0 Å². The predicted octanol–water partition coefficient (Wildman–Crippen LogP) is 1.66. The molecule has 0 aromatic rings. The zero-order valence-corrected chi connectivity index (χ0v) is 8.21. The van der Waals surface area contributed by atoms with Gasteiger partial charge in [0, 0.05) is 6.04 Å². The molecule has 1 fully saturated rings. The summed E-state index contributed by atoms with van der Waals surface area (Å²) in [7, 11) is 0. The first-order valence-corrected chi connectivity index (χ1v) is 5.04. The maximum Gasteiger partial charge on any atom is 0.0679 e. The molecule has 1 rings (SSSR count). The van der Waals surface area contributed by atoms with E-state index in [4.69, 9.17) is 5.73 Å². The lowest BCUT2D eigenvalue weighted by Crippen LogP contribution is -2.52. The Morgan fingerprint density at radius 3 is 2.58 bits per heavy atom. The Morgan fingerprint density at radius 2 is 2.17 bits per heavy atom. The molecule has 3 N–H and O–H groups in total. The molecular weight excluding hydrogens is 150 g/mol. The van der Waals surface area contributed by atoms with Crippen LogP contribution in [-0.2, 0) is 0 Å². The van der Waals surface area contributed by atoms with Crippen molar-refractivity contribution < 1.29 is 5.11 Å². The number of hydrogen-bond acceptors (Lipinski definition) is 2. The predicted molar refractivity (Wildman–Crippen MR) is 50.8 cm³/mol. The van der Waals surface area contributed by atoms with E-state index in [0.717, 1.165) is 19.3 Å². The molecule has 0 aromatic carbocycles. The SMILES string of the molecule is CCCC(C)CC1(O)CC(N)C1. The molecule has 1 unspecified atom stereocenters. The molecule has 0 saturated heterocycles. The maximum atomic E-state index is 9.90. The molecular formula is C10H21NO. The lowest BCUT2D eigenvalue weighted by molar-refractivity contribution is -0.0637. The van der Waals surface area contributed by atoms with Crippen molar-refractivity contribution >= 4 is 0 Å². The van der Waals surface area contributed by atoms with Crippen LogP contribution in [0.4, 0.5) is 0 Å². The van der Waals surface area contributed by atoms with Crippen LogP contribution < -0.4 is 5.73 Å². The zero-order valence-electron chi connectivity index (χ0n) is 8.21. The van der Waals surface area contributed by atoms with Crippen LogP contribution in [-0.4, -0.2) is 16.7 Å². The minimum absolute atomic E-state index is 0.254. The Bertz CT molecular complexity index is 141. The minimum Gasteiger partial charge on any atom is -0.390 e. The van der Waals surface area contributed by atoms with Crippen LogP contribution in [0.1, 0.15) is 46.0 Å². The Morgan fingerprint density at radius 1 is 1.58 bits per heavy atom. The largest absolute Gasteiger partial charge is 0.390 e. The molecule has 1 atom stereocenters. The third-order valence-corrected chi connectivity index (χ3v) is 2.79. The Kier molecular flexibility index (Phi) is 3.13. The van der Waals surface area contributed by atoms with Crippen LogP contribution >= 0.6 is 0 Å². The van der Waals surface area contributed by atoms with Gasteiger partial charge in [-0.05, 0) is 25.2 Å². The molecule has 2 heteroatoms. The average molecular weight is 171 g/mol. The lowest BCUT2D eigenvalue weighted by atomic mass is 9.71. The first kappa shape index (κ1) is 10.0. The summed E-state index contributed by atoms with van der Waals surface area (Å²) >= 11 is 0. The Labute approximate surface area is 75.2 Å². The van der Waals surface area contributed by atoms with Crippen LogP contribution in [0.3, 0.4) is 0 Å². The standard InChI is InChI=1S/C10H21NO/c1-3-4-8(2)5-10(12)6-9(11)7-10/h8-9,12H,3-7,11H2,1-2H3. The van der Waals surface area contributed by atoms with Gasteiger partial charge < -0.3 is 10.8 Å². The average Bonchev–Trinajstić information content (AvgIpc) is 1.83. The number of aliphatic hydroxyl groups is 1. The van der Waals surface area contributed by atoms with Gasteiger partial charge in [0.05, 0.1) is 5.60 Å². The molecule has 0 heterocycles. The molecule has 1 aliphatic rings. The normalized spacial score (nSPS) is 37.5. The van der Waals surface area contributed by atoms with Crippen LogP contribution in [0.2, 0.25) is 0 Å². The van der Waals surface area contributed by atoms with Gasteiger partial charge in [-0.1, -0.05) is 26.7 Å². The molecule has 0 bridgehead atoms. The number of nitrogens with two attached hydrogens (primary N) is 1. The molecule has 0 radical (unpaired) electrons. The fourth-order valence-corrected chi connectivity index (χ4v) is 2.33. The monoisotopic (exact) mass is 171 g/mol. The summed E-state index contributed by atoms with van der Waals surface area (Å²) in [5.41, 5.74) is 5.24. The van der Waals surface area contributed by atoms with E-state index in [-0.39, 0.29) is 6.04 Å². The second-order valence-electron chi connectivity index (χ2n) is 4.49. The van der Waals surface area contributed by atoms with E-state index >= 15 is 0 Å². The molecule has 0 spiro atoms. The summed E-state index contributed by atoms with van der Waals surface area (Å²) in [6, 6.07) is 0.254. The van der Waals surface area contributed by atoms with Gasteiger partial charge >= 0.3 is 0 Å². The summed E-state index contributed by atoms with van der Waals surface area (Å²) in [6.07, 6.45) is 4.98. The second-order valence-corrected chi connectivity index (χ2v) is 4.49. The highest BCUT2D eigenvalue weighted by Crippen LogP contribution is 2.37. The topological polar surface area (TPSA) is 46.2 Å². The summed E-state index contributed by atoms with van der Waals surface area (Å²) in [5, 5.41) is 9.90. The molecule has 0 amide bonds. The molecule has 0 aliphatic heterocycles. The summed E-state index contributed by atoms with van der Waals surface area (Å²) in [5.74, 6) is 0.646. The fourth-order valence-electron chi connectivity index (χ4n) is 2.33. The van der Waals surface area contributed by atoms with E-state index in [0.29, 0.717) is 5.92 Å². The lowest BCUT2D eigenvalue weighted by Gasteiger charge is -2.43. The zero-order chi connectivity index (χ0) is 9.19. The quantitative estimate of drug-likeness (QED) is 0.676. The third kappa shape index (κ3) is 2.46. The van der Waals surface area contributed by atoms with Gasteiger partial charge in [0.15, 0.2) is 0 Å². The summed E-state index contributed by atoms with van der Waals surface area (Å²) in [6.45, 7) is 4.40. The fraction of sp³-hybridized carbons (Fsp3) is 1.00. The van der Waals surface area contributed by atoms with Gasteiger partial charge in [-0.3, -0.25) is 0 Å². The van der Waals surface area contributed by atoms with E-state index in [2.05, 4.69) is 13.8 Å². The van der Waals surface area contributed by atoms with E-state index in [1.807, 2.05) is 0 Å². The van der Waals surface area contributed by atoms with Crippen molar-refractivity contribution in [2.24, 2.45) is 11.7 Å². The van der Waals surface area contributed by atoms with Gasteiger partial charge in [0.2, 0.25) is 0 Å². The van der Waals surface area contributed by atoms with Crippen LogP contribution in [0, 0.1) is 5.92 Å².